The molecule has 0 radical (unpaired) electrons. The molecule has 3 aromatic heterocycles. The van der Waals surface area contributed by atoms with Crippen LogP contribution >= 0.6 is 12.2 Å². The zero-order chi connectivity index (χ0) is 13.2. The summed E-state index contributed by atoms with van der Waals surface area (Å²) in [5.41, 5.74) is 0. The second kappa shape index (κ2) is 4.69. The maximum Gasteiger partial charge on any atom is 0.219 e. The van der Waals surface area contributed by atoms with Gasteiger partial charge in [0.05, 0.1) is 12.5 Å². The normalized spacial score (nSPS) is 11.4. The van der Waals surface area contributed by atoms with E-state index in [0.717, 1.165) is 5.76 Å². The summed E-state index contributed by atoms with van der Waals surface area (Å²) in [7, 11) is 0. The van der Waals surface area contributed by atoms with Gasteiger partial charge in [0.25, 0.3) is 0 Å². The Balaban J connectivity index is 1.99. The topological polar surface area (TPSA) is 72.2 Å². The Morgan fingerprint density at radius 3 is 3.00 bits per heavy atom. The minimum atomic E-state index is 0.380. The highest BCUT2D eigenvalue weighted by molar-refractivity contribution is 7.71. The first-order chi connectivity index (χ1) is 9.24. The molecule has 0 aromatic carbocycles. The SMILES string of the molecule is Cc1ccc(C=Nn2c(-c3ccco3)n[nH]c2=S)o1. The first-order valence-corrected chi connectivity index (χ1v) is 5.97. The minimum Gasteiger partial charge on any atom is -0.461 e. The summed E-state index contributed by atoms with van der Waals surface area (Å²) in [5.74, 6) is 2.56. The van der Waals surface area contributed by atoms with E-state index >= 15 is 0 Å². The molecule has 3 heterocycles. The molecule has 0 unspecified atom stereocenters. The van der Waals surface area contributed by atoms with Crippen LogP contribution in [-0.4, -0.2) is 21.1 Å². The van der Waals surface area contributed by atoms with Gasteiger partial charge in [0, 0.05) is 0 Å². The number of H-pyrrole nitrogens is 1. The molecular formula is C12H10N4O2S. The standard InChI is InChI=1S/C12H10N4O2S/c1-8-4-5-9(18-8)7-13-16-11(14-15-12(16)19)10-3-2-6-17-10/h2-7H,1H3,(H,15,19). The zero-order valence-corrected chi connectivity index (χ0v) is 10.8. The van der Waals surface area contributed by atoms with Crippen molar-refractivity contribution < 1.29 is 8.83 Å². The Morgan fingerprint density at radius 2 is 2.32 bits per heavy atom. The molecule has 19 heavy (non-hydrogen) atoms. The van der Waals surface area contributed by atoms with Gasteiger partial charge in [-0.1, -0.05) is 0 Å². The van der Waals surface area contributed by atoms with Crippen LogP contribution < -0.4 is 0 Å². The molecule has 0 bridgehead atoms. The zero-order valence-electron chi connectivity index (χ0n) is 10.0. The first kappa shape index (κ1) is 11.7. The summed E-state index contributed by atoms with van der Waals surface area (Å²) >= 11 is 5.13. The van der Waals surface area contributed by atoms with Crippen LogP contribution in [0.2, 0.25) is 0 Å². The van der Waals surface area contributed by atoms with Crippen molar-refractivity contribution in [3.05, 3.63) is 46.8 Å². The van der Waals surface area contributed by atoms with Crippen LogP contribution in [0.25, 0.3) is 11.6 Å². The summed E-state index contributed by atoms with van der Waals surface area (Å²) in [6.45, 7) is 1.87. The Bertz CT molecular complexity index is 764. The third kappa shape index (κ3) is 2.27. The summed E-state index contributed by atoms with van der Waals surface area (Å²) in [6.07, 6.45) is 3.14. The number of aryl methyl sites for hydroxylation is 1. The van der Waals surface area contributed by atoms with Crippen LogP contribution in [0.1, 0.15) is 11.5 Å². The molecule has 3 aromatic rings. The molecule has 7 heteroatoms. The molecule has 1 N–H and O–H groups in total. The first-order valence-electron chi connectivity index (χ1n) is 5.56. The molecule has 0 aliphatic heterocycles. The van der Waals surface area contributed by atoms with Crippen molar-refractivity contribution in [2.75, 3.05) is 0 Å². The second-order valence-corrected chi connectivity index (χ2v) is 4.22. The van der Waals surface area contributed by atoms with Gasteiger partial charge in [0.1, 0.15) is 11.5 Å². The van der Waals surface area contributed by atoms with Crippen LogP contribution in [0.5, 0.6) is 0 Å². The van der Waals surface area contributed by atoms with E-state index in [1.165, 1.54) is 4.68 Å². The highest BCUT2D eigenvalue weighted by Crippen LogP contribution is 2.17. The molecule has 0 amide bonds. The number of aromatic nitrogens is 3. The van der Waals surface area contributed by atoms with Crippen molar-refractivity contribution in [3.8, 4) is 11.6 Å². The number of aromatic amines is 1. The molecule has 0 aliphatic carbocycles. The van der Waals surface area contributed by atoms with Crippen LogP contribution in [-0.2, 0) is 0 Å². The van der Waals surface area contributed by atoms with Gasteiger partial charge >= 0.3 is 0 Å². The number of hydrogen-bond acceptors (Lipinski definition) is 5. The molecule has 0 saturated heterocycles. The maximum atomic E-state index is 5.40. The van der Waals surface area contributed by atoms with Crippen molar-refractivity contribution in [2.45, 2.75) is 6.92 Å². The molecule has 0 spiro atoms. The Labute approximate surface area is 113 Å². The van der Waals surface area contributed by atoms with E-state index in [1.54, 1.807) is 24.6 Å². The van der Waals surface area contributed by atoms with Crippen LogP contribution in [0, 0.1) is 11.7 Å². The van der Waals surface area contributed by atoms with Gasteiger partial charge in [-0.3, -0.25) is 0 Å². The molecular weight excluding hydrogens is 264 g/mol. The van der Waals surface area contributed by atoms with Crippen molar-refractivity contribution in [1.29, 1.82) is 0 Å². The fourth-order valence-corrected chi connectivity index (χ4v) is 1.78. The second-order valence-electron chi connectivity index (χ2n) is 3.83. The van der Waals surface area contributed by atoms with E-state index in [0.29, 0.717) is 22.1 Å². The predicted octanol–water partition coefficient (Wildman–Crippen LogP) is 2.98. The molecule has 3 rings (SSSR count). The van der Waals surface area contributed by atoms with Crippen LogP contribution in [0.15, 0.2) is 44.5 Å². The highest BCUT2D eigenvalue weighted by atomic mass is 32.1. The lowest BCUT2D eigenvalue weighted by molar-refractivity contribution is 0.527. The van der Waals surface area contributed by atoms with Gasteiger partial charge in [0.15, 0.2) is 5.76 Å². The number of nitrogens with one attached hydrogen (secondary N) is 1. The molecule has 0 saturated carbocycles. The molecule has 0 atom stereocenters. The average Bonchev–Trinajstić information content (AvgIpc) is 3.08. The van der Waals surface area contributed by atoms with E-state index in [-0.39, 0.29) is 0 Å². The summed E-state index contributed by atoms with van der Waals surface area (Å²) in [5, 5.41) is 11.0. The highest BCUT2D eigenvalue weighted by Gasteiger charge is 2.10. The lowest BCUT2D eigenvalue weighted by Gasteiger charge is -1.95. The lowest BCUT2D eigenvalue weighted by Crippen LogP contribution is -1.93. The lowest BCUT2D eigenvalue weighted by atomic mass is 10.4. The van der Waals surface area contributed by atoms with Gasteiger partial charge in [-0.15, -0.1) is 5.10 Å². The molecule has 96 valence electrons. The third-order valence-electron chi connectivity index (χ3n) is 2.45. The Kier molecular flexibility index (Phi) is 2.88. The summed E-state index contributed by atoms with van der Waals surface area (Å²) < 4.78 is 12.5. The van der Waals surface area contributed by atoms with E-state index in [1.807, 2.05) is 19.1 Å². The summed E-state index contributed by atoms with van der Waals surface area (Å²) in [4.78, 5) is 0. The van der Waals surface area contributed by atoms with Crippen LogP contribution in [0.4, 0.5) is 0 Å². The smallest absolute Gasteiger partial charge is 0.219 e. The quantitative estimate of drug-likeness (QED) is 0.588. The van der Waals surface area contributed by atoms with Crippen molar-refractivity contribution in [3.63, 3.8) is 0 Å². The molecule has 0 fully saturated rings. The van der Waals surface area contributed by atoms with Gasteiger partial charge < -0.3 is 8.83 Å². The van der Waals surface area contributed by atoms with Crippen molar-refractivity contribution in [2.24, 2.45) is 5.10 Å². The Morgan fingerprint density at radius 1 is 1.42 bits per heavy atom. The van der Waals surface area contributed by atoms with Crippen LogP contribution in [0.3, 0.4) is 0 Å². The van der Waals surface area contributed by atoms with E-state index in [9.17, 15) is 0 Å². The van der Waals surface area contributed by atoms with E-state index in [2.05, 4.69) is 15.3 Å². The third-order valence-corrected chi connectivity index (χ3v) is 2.72. The maximum absolute atomic E-state index is 5.40. The number of rotatable bonds is 3. The fraction of sp³-hybridized carbons (Fsp3) is 0.0833. The summed E-state index contributed by atoms with van der Waals surface area (Å²) in [6, 6.07) is 7.25. The minimum absolute atomic E-state index is 0.380. The van der Waals surface area contributed by atoms with E-state index in [4.69, 9.17) is 21.1 Å². The van der Waals surface area contributed by atoms with Crippen molar-refractivity contribution in [1.82, 2.24) is 14.9 Å². The Hall–Kier alpha value is -2.41. The van der Waals surface area contributed by atoms with Gasteiger partial charge in [-0.25, -0.2) is 5.10 Å². The van der Waals surface area contributed by atoms with Gasteiger partial charge in [-0.05, 0) is 43.4 Å². The van der Waals surface area contributed by atoms with Crippen molar-refractivity contribution >= 4 is 18.4 Å². The predicted molar refractivity (Wildman–Crippen MR) is 71.6 cm³/mol. The van der Waals surface area contributed by atoms with Gasteiger partial charge in [0.2, 0.25) is 10.6 Å². The van der Waals surface area contributed by atoms with Gasteiger partial charge in [-0.2, -0.15) is 9.78 Å². The number of furan rings is 2. The van der Waals surface area contributed by atoms with E-state index < -0.39 is 0 Å². The molecule has 6 nitrogen and oxygen atoms in total. The number of hydrogen-bond donors (Lipinski definition) is 1. The largest absolute Gasteiger partial charge is 0.461 e. The number of nitrogens with zero attached hydrogens (tertiary/aromatic N) is 3. The fourth-order valence-electron chi connectivity index (χ4n) is 1.60. The molecule has 0 aliphatic rings. The average molecular weight is 274 g/mol. The monoisotopic (exact) mass is 274 g/mol.